The molecule has 6 heteroatoms. The van der Waals surface area contributed by atoms with Gasteiger partial charge in [0.1, 0.15) is 0 Å². The SMILES string of the molecule is CC(C)NCc1ccc(OCCC(F)(F)F)nc1. The van der Waals surface area contributed by atoms with E-state index in [1.165, 1.54) is 0 Å². The van der Waals surface area contributed by atoms with Crippen LogP contribution in [-0.4, -0.2) is 23.8 Å². The Morgan fingerprint density at radius 2 is 2.06 bits per heavy atom. The molecule has 0 saturated heterocycles. The normalized spacial score (nSPS) is 11.9. The first-order valence-electron chi connectivity index (χ1n) is 5.74. The minimum absolute atomic E-state index is 0.215. The number of alkyl halides is 3. The summed E-state index contributed by atoms with van der Waals surface area (Å²) in [7, 11) is 0. The van der Waals surface area contributed by atoms with Gasteiger partial charge in [-0.05, 0) is 5.56 Å². The number of rotatable bonds is 6. The van der Waals surface area contributed by atoms with Crippen LogP contribution in [0, 0.1) is 0 Å². The van der Waals surface area contributed by atoms with E-state index >= 15 is 0 Å². The average molecular weight is 262 g/mol. The summed E-state index contributed by atoms with van der Waals surface area (Å²) in [5.74, 6) is 0.215. The van der Waals surface area contributed by atoms with Crippen molar-refractivity contribution in [3.8, 4) is 5.88 Å². The molecule has 1 N–H and O–H groups in total. The van der Waals surface area contributed by atoms with E-state index in [2.05, 4.69) is 10.3 Å². The average Bonchev–Trinajstić information content (AvgIpc) is 2.26. The van der Waals surface area contributed by atoms with Crippen LogP contribution in [0.1, 0.15) is 25.8 Å². The minimum atomic E-state index is -4.19. The number of hydrogen-bond donors (Lipinski definition) is 1. The molecule has 0 saturated carbocycles. The molecule has 0 aliphatic carbocycles. The van der Waals surface area contributed by atoms with E-state index < -0.39 is 19.2 Å². The Bertz CT molecular complexity index is 349. The molecule has 0 amide bonds. The largest absolute Gasteiger partial charge is 0.477 e. The van der Waals surface area contributed by atoms with Crippen molar-refractivity contribution in [1.29, 1.82) is 0 Å². The second-order valence-corrected chi connectivity index (χ2v) is 4.25. The maximum absolute atomic E-state index is 11.9. The Labute approximate surface area is 104 Å². The molecule has 102 valence electrons. The minimum Gasteiger partial charge on any atom is -0.477 e. The Balaban J connectivity index is 2.36. The lowest BCUT2D eigenvalue weighted by atomic mass is 10.2. The van der Waals surface area contributed by atoms with Crippen LogP contribution in [0.25, 0.3) is 0 Å². The van der Waals surface area contributed by atoms with Crippen molar-refractivity contribution in [2.45, 2.75) is 39.0 Å². The van der Waals surface area contributed by atoms with Crippen LogP contribution < -0.4 is 10.1 Å². The number of halogens is 3. The van der Waals surface area contributed by atoms with Crippen molar-refractivity contribution in [3.05, 3.63) is 23.9 Å². The van der Waals surface area contributed by atoms with Gasteiger partial charge in [0.2, 0.25) is 5.88 Å². The number of nitrogens with zero attached hydrogens (tertiary/aromatic N) is 1. The van der Waals surface area contributed by atoms with Gasteiger partial charge in [0.05, 0.1) is 13.0 Å². The van der Waals surface area contributed by atoms with E-state index in [0.29, 0.717) is 12.6 Å². The van der Waals surface area contributed by atoms with Crippen molar-refractivity contribution < 1.29 is 17.9 Å². The molecule has 1 heterocycles. The summed E-state index contributed by atoms with van der Waals surface area (Å²) >= 11 is 0. The van der Waals surface area contributed by atoms with Gasteiger partial charge in [-0.15, -0.1) is 0 Å². The summed E-state index contributed by atoms with van der Waals surface area (Å²) in [5.41, 5.74) is 0.965. The third-order valence-corrected chi connectivity index (χ3v) is 2.15. The summed E-state index contributed by atoms with van der Waals surface area (Å²) in [6.07, 6.45) is -3.56. The van der Waals surface area contributed by atoms with Gasteiger partial charge >= 0.3 is 6.18 Å². The highest BCUT2D eigenvalue weighted by molar-refractivity contribution is 5.17. The summed E-state index contributed by atoms with van der Waals surface area (Å²) < 4.78 is 40.6. The van der Waals surface area contributed by atoms with E-state index in [4.69, 9.17) is 4.74 Å². The maximum atomic E-state index is 11.9. The summed E-state index contributed by atoms with van der Waals surface area (Å²) in [6.45, 7) is 4.33. The van der Waals surface area contributed by atoms with Crippen LogP contribution >= 0.6 is 0 Å². The lowest BCUT2D eigenvalue weighted by Gasteiger charge is -2.09. The molecular weight excluding hydrogens is 245 g/mol. The summed E-state index contributed by atoms with van der Waals surface area (Å²) in [6, 6.07) is 3.73. The van der Waals surface area contributed by atoms with E-state index in [9.17, 15) is 13.2 Å². The molecule has 0 bridgehead atoms. The van der Waals surface area contributed by atoms with Crippen molar-refractivity contribution in [3.63, 3.8) is 0 Å². The van der Waals surface area contributed by atoms with Crippen LogP contribution in [0.3, 0.4) is 0 Å². The van der Waals surface area contributed by atoms with Gasteiger partial charge in [0, 0.05) is 24.8 Å². The fraction of sp³-hybridized carbons (Fsp3) is 0.583. The van der Waals surface area contributed by atoms with Gasteiger partial charge in [-0.1, -0.05) is 19.9 Å². The van der Waals surface area contributed by atoms with Crippen LogP contribution in [0.5, 0.6) is 5.88 Å². The van der Waals surface area contributed by atoms with Gasteiger partial charge in [-0.2, -0.15) is 13.2 Å². The topological polar surface area (TPSA) is 34.1 Å². The molecule has 1 rings (SSSR count). The quantitative estimate of drug-likeness (QED) is 0.856. The molecule has 0 aliphatic heterocycles. The predicted molar refractivity (Wildman–Crippen MR) is 62.4 cm³/mol. The summed E-state index contributed by atoms with van der Waals surface area (Å²) in [4.78, 5) is 3.95. The maximum Gasteiger partial charge on any atom is 0.392 e. The fourth-order valence-corrected chi connectivity index (χ4v) is 1.19. The van der Waals surface area contributed by atoms with Gasteiger partial charge in [0.25, 0.3) is 0 Å². The molecule has 1 aromatic rings. The molecule has 0 aromatic carbocycles. The van der Waals surface area contributed by atoms with Crippen LogP contribution in [-0.2, 0) is 6.54 Å². The van der Waals surface area contributed by atoms with Crippen LogP contribution in [0.4, 0.5) is 13.2 Å². The number of hydrogen-bond acceptors (Lipinski definition) is 3. The zero-order chi connectivity index (χ0) is 13.6. The lowest BCUT2D eigenvalue weighted by molar-refractivity contribution is -0.139. The monoisotopic (exact) mass is 262 g/mol. The number of nitrogens with one attached hydrogen (secondary N) is 1. The van der Waals surface area contributed by atoms with Crippen molar-refractivity contribution in [2.75, 3.05) is 6.61 Å². The van der Waals surface area contributed by atoms with Crippen molar-refractivity contribution in [2.24, 2.45) is 0 Å². The van der Waals surface area contributed by atoms with Crippen LogP contribution in [0.15, 0.2) is 18.3 Å². The zero-order valence-corrected chi connectivity index (χ0v) is 10.4. The van der Waals surface area contributed by atoms with Gasteiger partial charge in [-0.3, -0.25) is 0 Å². The second-order valence-electron chi connectivity index (χ2n) is 4.25. The van der Waals surface area contributed by atoms with Gasteiger partial charge in [-0.25, -0.2) is 4.98 Å². The highest BCUT2D eigenvalue weighted by Gasteiger charge is 2.26. The van der Waals surface area contributed by atoms with Gasteiger partial charge in [0.15, 0.2) is 0 Å². The third-order valence-electron chi connectivity index (χ3n) is 2.15. The van der Waals surface area contributed by atoms with Crippen molar-refractivity contribution in [1.82, 2.24) is 10.3 Å². The van der Waals surface area contributed by atoms with Gasteiger partial charge < -0.3 is 10.1 Å². The standard InChI is InChI=1S/C12H17F3N2O/c1-9(2)16-7-10-3-4-11(17-8-10)18-6-5-12(13,14)15/h3-4,8-9,16H,5-7H2,1-2H3. The Morgan fingerprint density at radius 1 is 1.33 bits per heavy atom. The first-order valence-corrected chi connectivity index (χ1v) is 5.74. The Hall–Kier alpha value is -1.30. The lowest BCUT2D eigenvalue weighted by Crippen LogP contribution is -2.21. The molecular formula is C12H17F3N2O. The van der Waals surface area contributed by atoms with E-state index in [0.717, 1.165) is 5.56 Å². The van der Waals surface area contributed by atoms with Crippen molar-refractivity contribution >= 4 is 0 Å². The molecule has 0 fully saturated rings. The highest BCUT2D eigenvalue weighted by atomic mass is 19.4. The number of ether oxygens (including phenoxy) is 1. The summed E-state index contributed by atoms with van der Waals surface area (Å²) in [5, 5.41) is 3.21. The van der Waals surface area contributed by atoms with E-state index in [-0.39, 0.29) is 5.88 Å². The molecule has 0 unspecified atom stereocenters. The van der Waals surface area contributed by atoms with Crippen LogP contribution in [0.2, 0.25) is 0 Å². The third kappa shape index (κ3) is 6.44. The molecule has 1 aromatic heterocycles. The smallest absolute Gasteiger partial charge is 0.392 e. The molecule has 18 heavy (non-hydrogen) atoms. The first-order chi connectivity index (χ1) is 8.37. The van der Waals surface area contributed by atoms with E-state index in [1.807, 2.05) is 13.8 Å². The Kier molecular flexibility index (Phi) is 5.40. The molecule has 0 aliphatic rings. The zero-order valence-electron chi connectivity index (χ0n) is 10.4. The van der Waals surface area contributed by atoms with E-state index in [1.54, 1.807) is 18.3 Å². The number of pyridine rings is 1. The Morgan fingerprint density at radius 3 is 2.56 bits per heavy atom. The highest BCUT2D eigenvalue weighted by Crippen LogP contribution is 2.19. The second kappa shape index (κ2) is 6.58. The number of aromatic nitrogens is 1. The first kappa shape index (κ1) is 14.8. The molecule has 0 spiro atoms. The molecule has 3 nitrogen and oxygen atoms in total. The molecule has 0 atom stereocenters. The predicted octanol–water partition coefficient (Wildman–Crippen LogP) is 2.91. The fourth-order valence-electron chi connectivity index (χ4n) is 1.19. The molecule has 0 radical (unpaired) electrons.